The molecule has 2 rings (SSSR count). The molecule has 0 saturated heterocycles. The maximum atomic E-state index is 2.31. The van der Waals surface area contributed by atoms with E-state index in [1.165, 1.54) is 73.7 Å². The average Bonchev–Trinajstić information content (AvgIpc) is 2.59. The van der Waals surface area contributed by atoms with Crippen LogP contribution in [0, 0.1) is 0 Å². The number of rotatable bonds is 0. The molecule has 0 N–H and O–H groups in total. The van der Waals surface area contributed by atoms with Gasteiger partial charge in [-0.15, -0.1) is 0 Å². The zero-order valence-corrected chi connectivity index (χ0v) is 12.6. The molecule has 0 aromatic heterocycles. The molecule has 0 heterocycles. The first-order valence-corrected chi connectivity index (χ1v) is 6.93. The molecule has 0 radical (unpaired) electrons. The van der Waals surface area contributed by atoms with Crippen LogP contribution < -0.4 is 0 Å². The number of allylic oxidation sites excluding steroid dienone is 6. The molecule has 2 aliphatic rings. The van der Waals surface area contributed by atoms with Crippen molar-refractivity contribution in [3.8, 4) is 0 Å². The van der Waals surface area contributed by atoms with Crippen molar-refractivity contribution in [2.45, 2.75) is 12.8 Å². The van der Waals surface area contributed by atoms with E-state index in [9.17, 15) is 0 Å². The molecule has 0 amide bonds. The van der Waals surface area contributed by atoms with Crippen molar-refractivity contribution in [2.75, 3.05) is 0 Å². The third kappa shape index (κ3) is 1.82. The van der Waals surface area contributed by atoms with Gasteiger partial charge in [0.15, 0.2) is 0 Å². The Kier molecular flexibility index (Phi) is 3.34. The molecule has 0 aromatic carbocycles. The first-order chi connectivity index (χ1) is 5.79. The van der Waals surface area contributed by atoms with Crippen LogP contribution in [0.2, 0.25) is 0 Å². The molecular weight excluding hydrogens is 298 g/mol. The van der Waals surface area contributed by atoms with Gasteiger partial charge in [-0.1, -0.05) is 0 Å². The Labute approximate surface area is 112 Å². The monoisotopic (exact) mass is 306 g/mol. The Morgan fingerprint density at radius 1 is 0.833 bits per heavy atom. The summed E-state index contributed by atoms with van der Waals surface area (Å²) in [6.45, 7) is 0. The average molecular weight is 306 g/mol. The van der Waals surface area contributed by atoms with Crippen LogP contribution in [0.25, 0.3) is 0 Å². The van der Waals surface area contributed by atoms with Crippen LogP contribution in [0.5, 0.6) is 0 Å². The third-order valence-corrected chi connectivity index (χ3v) is 4.91. The van der Waals surface area contributed by atoms with Crippen LogP contribution in [-0.4, -0.2) is 4.60 Å². The van der Waals surface area contributed by atoms with Gasteiger partial charge in [0.1, 0.15) is 0 Å². The van der Waals surface area contributed by atoms with Gasteiger partial charge in [0.25, 0.3) is 0 Å². The molecule has 0 unspecified atom stereocenters. The second kappa shape index (κ2) is 4.13. The fourth-order valence-electron chi connectivity index (χ4n) is 1.57. The van der Waals surface area contributed by atoms with E-state index in [1.807, 2.05) is 0 Å². The zero-order chi connectivity index (χ0) is 8.55. The molecule has 0 spiro atoms. The molecule has 54 valence electrons. The van der Waals surface area contributed by atoms with Crippen LogP contribution in [0.1, 0.15) is 12.8 Å². The third-order valence-electron chi connectivity index (χ3n) is 2.23. The summed E-state index contributed by atoms with van der Waals surface area (Å²) in [4.78, 5) is 0. The normalized spacial score (nSPS) is 28.0. The molecule has 12 heavy (non-hydrogen) atoms. The van der Waals surface area contributed by atoms with Crippen LogP contribution in [0.4, 0.5) is 0 Å². The summed E-state index contributed by atoms with van der Waals surface area (Å²) in [7, 11) is 0. The first kappa shape index (κ1) is 9.71. The van der Waals surface area contributed by atoms with Gasteiger partial charge < -0.3 is 0 Å². The Balaban J connectivity index is 2.48. The molecule has 0 atom stereocenters. The van der Waals surface area contributed by atoms with Gasteiger partial charge >= 0.3 is 114 Å². The first-order valence-electron chi connectivity index (χ1n) is 4.09. The summed E-state index contributed by atoms with van der Waals surface area (Å²) in [5.41, 5.74) is 3.10. The Morgan fingerprint density at radius 3 is 1.50 bits per heavy atom. The minimum atomic E-state index is 1.21. The van der Waals surface area contributed by atoms with Crippen LogP contribution in [0.3, 0.4) is 0 Å². The van der Waals surface area contributed by atoms with Gasteiger partial charge in [-0.25, -0.2) is 0 Å². The molecule has 2 aliphatic carbocycles. The van der Waals surface area contributed by atoms with Crippen molar-refractivity contribution in [1.82, 2.24) is 0 Å². The summed E-state index contributed by atoms with van der Waals surface area (Å²) in [6, 6.07) is 0. The van der Waals surface area contributed by atoms with Gasteiger partial charge in [-0.05, 0) is 0 Å². The van der Waals surface area contributed by atoms with E-state index in [-0.39, 0.29) is 0 Å². The van der Waals surface area contributed by atoms with Crippen molar-refractivity contribution in [3.05, 3.63) is 35.5 Å². The van der Waals surface area contributed by atoms with E-state index >= 15 is 0 Å². The SMILES string of the molecule is [Y]=[C]1CC=C/C1=C1/C=CC[C]1=[Y]. The van der Waals surface area contributed by atoms with E-state index in [2.05, 4.69) is 24.3 Å². The van der Waals surface area contributed by atoms with Crippen molar-refractivity contribution in [2.24, 2.45) is 0 Å². The second-order valence-corrected chi connectivity index (χ2v) is 6.52. The number of hydrogen-bond acceptors (Lipinski definition) is 0. The molecule has 0 fully saturated rings. The molecular formula is C10H8Y2. The number of hydrogen-bond donors (Lipinski definition) is 0. The van der Waals surface area contributed by atoms with E-state index in [0.29, 0.717) is 0 Å². The molecule has 0 aliphatic heterocycles. The molecule has 0 nitrogen and oxygen atoms in total. The van der Waals surface area contributed by atoms with Gasteiger partial charge in [0.05, 0.1) is 0 Å². The van der Waals surface area contributed by atoms with Crippen LogP contribution in [0.15, 0.2) is 35.5 Å². The Hall–Kier alpha value is 1.17. The van der Waals surface area contributed by atoms with E-state index in [4.69, 9.17) is 0 Å². The van der Waals surface area contributed by atoms with Gasteiger partial charge in [0.2, 0.25) is 0 Å². The minimum absolute atomic E-state index is 1.21. The quantitative estimate of drug-likeness (QED) is 0.638. The van der Waals surface area contributed by atoms with E-state index in [1.54, 1.807) is 15.7 Å². The predicted molar refractivity (Wildman–Crippen MR) is 44.6 cm³/mol. The van der Waals surface area contributed by atoms with E-state index < -0.39 is 0 Å². The van der Waals surface area contributed by atoms with Crippen molar-refractivity contribution in [3.63, 3.8) is 0 Å². The summed E-state index contributed by atoms with van der Waals surface area (Å²) in [5, 5.41) is 0. The predicted octanol–water partition coefficient (Wildman–Crippen LogP) is 1.64. The molecule has 0 saturated carbocycles. The molecule has 0 bridgehead atoms. The molecule has 2 heteroatoms. The Bertz CT molecular complexity index is 309. The van der Waals surface area contributed by atoms with Gasteiger partial charge in [0, 0.05) is 0 Å². The van der Waals surface area contributed by atoms with Gasteiger partial charge in [-0.3, -0.25) is 0 Å². The molecule has 0 aromatic rings. The maximum absolute atomic E-state index is 2.31. The van der Waals surface area contributed by atoms with Crippen LogP contribution in [-0.2, 0) is 60.9 Å². The van der Waals surface area contributed by atoms with Crippen molar-refractivity contribution < 1.29 is 60.9 Å². The second-order valence-electron chi connectivity index (χ2n) is 3.09. The van der Waals surface area contributed by atoms with Gasteiger partial charge in [-0.2, -0.15) is 0 Å². The summed E-state index contributed by atoms with van der Waals surface area (Å²) < 4.78 is 3.32. The Morgan fingerprint density at radius 2 is 1.25 bits per heavy atom. The fourth-order valence-corrected chi connectivity index (χ4v) is 3.47. The standard InChI is InChI=1S/C10H8.2Y/c1-2-6-9(5-1)10-7-3-4-8-10;;/h1,3,5,7H,2,4H2;;/b10-9+;;. The topological polar surface area (TPSA) is 0 Å². The van der Waals surface area contributed by atoms with Crippen molar-refractivity contribution >= 4 is 4.60 Å². The summed E-state index contributed by atoms with van der Waals surface area (Å²) in [6.07, 6.45) is 11.6. The summed E-state index contributed by atoms with van der Waals surface area (Å²) in [5.74, 6) is 0. The fraction of sp³-hybridized carbons (Fsp3) is 0.200. The van der Waals surface area contributed by atoms with E-state index in [0.717, 1.165) is 0 Å². The van der Waals surface area contributed by atoms with Crippen molar-refractivity contribution in [1.29, 1.82) is 0 Å². The van der Waals surface area contributed by atoms with Crippen LogP contribution >= 0.6 is 0 Å². The zero-order valence-electron chi connectivity index (χ0n) is 6.88. The summed E-state index contributed by atoms with van der Waals surface area (Å²) >= 11 is 2.58.